The zero-order valence-electron chi connectivity index (χ0n) is 7.98. The molecule has 0 aromatic rings. The second-order valence-corrected chi connectivity index (χ2v) is 2.49. The van der Waals surface area contributed by atoms with Crippen molar-refractivity contribution in [2.24, 2.45) is 9.98 Å². The largest absolute Gasteiger partial charge is 0.381 e. The summed E-state index contributed by atoms with van der Waals surface area (Å²) in [6.45, 7) is 3.63. The van der Waals surface area contributed by atoms with Gasteiger partial charge in [-0.15, -0.1) is 0 Å². The van der Waals surface area contributed by atoms with Crippen LogP contribution in [0.4, 0.5) is 0 Å². The molecule has 0 aliphatic carbocycles. The highest BCUT2D eigenvalue weighted by Crippen LogP contribution is 1.88. The number of aliphatic hydroxyl groups is 2. The van der Waals surface area contributed by atoms with E-state index in [0.717, 1.165) is 6.42 Å². The second-order valence-electron chi connectivity index (χ2n) is 2.49. The van der Waals surface area contributed by atoms with Crippen molar-refractivity contribution in [2.45, 2.75) is 13.3 Å². The molecule has 5 nitrogen and oxygen atoms in total. The number of hydrogen-bond acceptors (Lipinski definition) is 5. The van der Waals surface area contributed by atoms with E-state index in [-0.39, 0.29) is 13.5 Å². The lowest BCUT2D eigenvalue weighted by Gasteiger charge is -2.14. The van der Waals surface area contributed by atoms with Crippen molar-refractivity contribution in [3.63, 3.8) is 0 Å². The fourth-order valence-corrected chi connectivity index (χ4v) is 0.730. The van der Waals surface area contributed by atoms with Crippen molar-refractivity contribution in [2.75, 3.05) is 33.1 Å². The summed E-state index contributed by atoms with van der Waals surface area (Å²) in [6, 6.07) is 2.55. The van der Waals surface area contributed by atoms with Gasteiger partial charge >= 0.3 is 0 Å². The first-order chi connectivity index (χ1) is 6.35. The molecule has 0 aromatic carbocycles. The zero-order valence-corrected chi connectivity index (χ0v) is 7.98. The molecule has 0 amide bonds. The smallest absolute Gasteiger partial charge is 0.0974 e. The van der Waals surface area contributed by atoms with Crippen LogP contribution in [0, 0.1) is 0 Å². The molecule has 0 atom stereocenters. The van der Waals surface area contributed by atoms with Gasteiger partial charge in [-0.25, -0.2) is 9.98 Å². The maximum Gasteiger partial charge on any atom is 0.0974 e. The molecule has 0 bridgehead atoms. The summed E-state index contributed by atoms with van der Waals surface area (Å²) in [5.74, 6) is 0. The van der Waals surface area contributed by atoms with Crippen LogP contribution in [-0.4, -0.2) is 54.2 Å². The minimum atomic E-state index is -0.122. The molecule has 76 valence electrons. The number of nitrogens with zero attached hydrogens (tertiary/aromatic N) is 3. The minimum Gasteiger partial charge on any atom is -0.381 e. The fourth-order valence-electron chi connectivity index (χ4n) is 0.730. The molecule has 13 heavy (non-hydrogen) atoms. The van der Waals surface area contributed by atoms with Gasteiger partial charge < -0.3 is 10.2 Å². The van der Waals surface area contributed by atoms with E-state index >= 15 is 0 Å². The van der Waals surface area contributed by atoms with Gasteiger partial charge in [0.05, 0.1) is 26.0 Å². The predicted octanol–water partition coefficient (Wildman–Crippen LogP) is -0.228. The highest BCUT2D eigenvalue weighted by molar-refractivity contribution is 5.40. The normalized spacial score (nSPS) is 9.85. The van der Waals surface area contributed by atoms with E-state index in [1.165, 1.54) is 4.90 Å². The van der Waals surface area contributed by atoms with E-state index in [1.807, 2.05) is 6.92 Å². The molecule has 0 radical (unpaired) electrons. The lowest BCUT2D eigenvalue weighted by molar-refractivity contribution is 0.0294. The summed E-state index contributed by atoms with van der Waals surface area (Å²) in [7, 11) is 0. The SMILES string of the molecule is CCN=C=NCCCN(CO)CO. The fraction of sp³-hybridized carbons (Fsp3) is 0.875. The molecule has 0 heterocycles. The zero-order chi connectivity index (χ0) is 9.94. The van der Waals surface area contributed by atoms with E-state index in [4.69, 9.17) is 10.2 Å². The molecule has 0 spiro atoms. The average Bonchev–Trinajstić information content (AvgIpc) is 2.17. The minimum absolute atomic E-state index is 0.122. The third-order valence-electron chi connectivity index (χ3n) is 1.44. The first kappa shape index (κ1) is 12.3. The maximum atomic E-state index is 8.67. The standard InChI is InChI=1S/C8H17N3O2/c1-2-9-6-10-4-3-5-11(7-12)8-13/h12-13H,2-5,7-8H2,1H3. The number of rotatable bonds is 7. The van der Waals surface area contributed by atoms with E-state index in [0.29, 0.717) is 19.6 Å². The number of hydrogen-bond donors (Lipinski definition) is 2. The van der Waals surface area contributed by atoms with Crippen LogP contribution < -0.4 is 0 Å². The topological polar surface area (TPSA) is 68.4 Å². The third-order valence-corrected chi connectivity index (χ3v) is 1.44. The van der Waals surface area contributed by atoms with E-state index in [2.05, 4.69) is 16.0 Å². The quantitative estimate of drug-likeness (QED) is 0.329. The van der Waals surface area contributed by atoms with Crippen molar-refractivity contribution >= 4 is 6.01 Å². The van der Waals surface area contributed by atoms with Crippen molar-refractivity contribution in [1.82, 2.24) is 4.90 Å². The Morgan fingerprint density at radius 3 is 2.46 bits per heavy atom. The average molecular weight is 187 g/mol. The highest BCUT2D eigenvalue weighted by Gasteiger charge is 1.98. The molecule has 0 saturated heterocycles. The maximum absolute atomic E-state index is 8.67. The van der Waals surface area contributed by atoms with Crippen molar-refractivity contribution < 1.29 is 10.2 Å². The van der Waals surface area contributed by atoms with Crippen molar-refractivity contribution in [3.8, 4) is 0 Å². The van der Waals surface area contributed by atoms with Crippen LogP contribution in [0.25, 0.3) is 0 Å². The van der Waals surface area contributed by atoms with E-state index in [1.54, 1.807) is 0 Å². The Morgan fingerprint density at radius 2 is 1.92 bits per heavy atom. The van der Waals surface area contributed by atoms with Crippen molar-refractivity contribution in [1.29, 1.82) is 0 Å². The molecular weight excluding hydrogens is 170 g/mol. The van der Waals surface area contributed by atoms with E-state index < -0.39 is 0 Å². The Morgan fingerprint density at radius 1 is 1.23 bits per heavy atom. The van der Waals surface area contributed by atoms with Gasteiger partial charge in [-0.3, -0.25) is 4.90 Å². The van der Waals surface area contributed by atoms with Crippen molar-refractivity contribution in [3.05, 3.63) is 0 Å². The molecule has 5 heteroatoms. The first-order valence-electron chi connectivity index (χ1n) is 4.37. The Balaban J connectivity index is 3.38. The predicted molar refractivity (Wildman–Crippen MR) is 50.8 cm³/mol. The summed E-state index contributed by atoms with van der Waals surface area (Å²) in [6.07, 6.45) is 0.785. The van der Waals surface area contributed by atoms with Gasteiger partial charge in [0.1, 0.15) is 0 Å². The lowest BCUT2D eigenvalue weighted by atomic mass is 10.4. The van der Waals surface area contributed by atoms with Gasteiger partial charge in [0.25, 0.3) is 0 Å². The van der Waals surface area contributed by atoms with Crippen LogP contribution in [0.2, 0.25) is 0 Å². The molecule has 0 aliphatic heterocycles. The lowest BCUT2D eigenvalue weighted by Crippen LogP contribution is -2.27. The third kappa shape index (κ3) is 7.62. The molecule has 0 rings (SSSR count). The second kappa shape index (κ2) is 9.35. The van der Waals surface area contributed by atoms with Crippen LogP contribution in [0.3, 0.4) is 0 Å². The Bertz CT molecular complexity index is 163. The van der Waals surface area contributed by atoms with Gasteiger partial charge in [-0.05, 0) is 13.3 Å². The van der Waals surface area contributed by atoms with Gasteiger partial charge in [-0.1, -0.05) is 0 Å². The van der Waals surface area contributed by atoms with Gasteiger partial charge in [0.2, 0.25) is 0 Å². The molecule has 2 N–H and O–H groups in total. The molecular formula is C8H17N3O2. The molecule has 0 aromatic heterocycles. The Hall–Kier alpha value is -0.740. The number of aliphatic imine (C=N–C) groups is 2. The van der Waals surface area contributed by atoms with Crippen LogP contribution in [-0.2, 0) is 0 Å². The number of aliphatic hydroxyl groups excluding tert-OH is 2. The summed E-state index contributed by atoms with van der Waals surface area (Å²) in [5, 5.41) is 17.3. The Labute approximate surface area is 78.4 Å². The monoisotopic (exact) mass is 187 g/mol. The van der Waals surface area contributed by atoms with Gasteiger partial charge in [0.15, 0.2) is 0 Å². The van der Waals surface area contributed by atoms with Gasteiger partial charge in [-0.2, -0.15) is 0 Å². The summed E-state index contributed by atoms with van der Waals surface area (Å²) < 4.78 is 0. The molecule has 0 aliphatic rings. The summed E-state index contributed by atoms with van der Waals surface area (Å²) >= 11 is 0. The van der Waals surface area contributed by atoms with Crippen LogP contribution in [0.5, 0.6) is 0 Å². The first-order valence-corrected chi connectivity index (χ1v) is 4.37. The highest BCUT2D eigenvalue weighted by atomic mass is 16.3. The summed E-state index contributed by atoms with van der Waals surface area (Å²) in [4.78, 5) is 9.20. The van der Waals surface area contributed by atoms with E-state index in [9.17, 15) is 0 Å². The van der Waals surface area contributed by atoms with Gasteiger partial charge in [0, 0.05) is 13.1 Å². The van der Waals surface area contributed by atoms with Crippen LogP contribution in [0.1, 0.15) is 13.3 Å². The molecule has 0 saturated carbocycles. The van der Waals surface area contributed by atoms with Crippen LogP contribution in [0.15, 0.2) is 9.98 Å². The molecule has 0 unspecified atom stereocenters. The Kier molecular flexibility index (Phi) is 8.82. The van der Waals surface area contributed by atoms with Crippen LogP contribution >= 0.6 is 0 Å². The summed E-state index contributed by atoms with van der Waals surface area (Å²) in [5.41, 5.74) is 0. The molecule has 0 fully saturated rings.